The Morgan fingerprint density at radius 3 is 2.62 bits per heavy atom. The summed E-state index contributed by atoms with van der Waals surface area (Å²) < 4.78 is 11.1. The van der Waals surface area contributed by atoms with E-state index in [1.807, 2.05) is 11.0 Å². The number of carbonyl (C=O) groups is 1. The van der Waals surface area contributed by atoms with Crippen molar-refractivity contribution in [2.24, 2.45) is 0 Å². The molecule has 0 fully saturated rings. The molecule has 0 unspecified atom stereocenters. The molecule has 0 radical (unpaired) electrons. The van der Waals surface area contributed by atoms with Crippen LogP contribution in [0.25, 0.3) is 0 Å². The van der Waals surface area contributed by atoms with Crippen molar-refractivity contribution in [1.82, 2.24) is 4.90 Å². The van der Waals surface area contributed by atoms with Crippen molar-refractivity contribution in [2.75, 3.05) is 20.8 Å². The smallest absolute Gasteiger partial charge is 0.264 e. The minimum Gasteiger partial charge on any atom is -0.493 e. The summed E-state index contributed by atoms with van der Waals surface area (Å²) in [5.74, 6) is 1.59. The summed E-state index contributed by atoms with van der Waals surface area (Å²) >= 11 is 3.38. The van der Waals surface area contributed by atoms with Gasteiger partial charge >= 0.3 is 0 Å². The van der Waals surface area contributed by atoms with Crippen molar-refractivity contribution < 1.29 is 14.3 Å². The standard InChI is InChI=1S/C23H23NO3S2/c1-26-17-11-14-8-9-24(23(25)21-12-15-5-3-6-19(15)29-21)22(20-7-4-10-28-20)16(14)13-18(17)27-2/h4,7,10-13,22H,3,5-6,8-9H2,1-2H3/t22-/m0/s1. The third kappa shape index (κ3) is 3.15. The van der Waals surface area contributed by atoms with Crippen molar-refractivity contribution in [3.05, 3.63) is 67.0 Å². The first kappa shape index (κ1) is 18.7. The zero-order valence-corrected chi connectivity index (χ0v) is 18.2. The Morgan fingerprint density at radius 2 is 1.90 bits per heavy atom. The van der Waals surface area contributed by atoms with Crippen LogP contribution in [0.4, 0.5) is 0 Å². The molecule has 0 spiro atoms. The van der Waals surface area contributed by atoms with Crippen molar-refractivity contribution in [2.45, 2.75) is 31.7 Å². The van der Waals surface area contributed by atoms with Gasteiger partial charge in [-0.1, -0.05) is 6.07 Å². The van der Waals surface area contributed by atoms with Crippen molar-refractivity contribution >= 4 is 28.6 Å². The number of carbonyl (C=O) groups excluding carboxylic acids is 1. The van der Waals surface area contributed by atoms with Gasteiger partial charge in [-0.05, 0) is 72.0 Å². The number of thiophene rings is 2. The number of amides is 1. The molecule has 4 nitrogen and oxygen atoms in total. The third-order valence-corrected chi connectivity index (χ3v) is 8.05. The highest BCUT2D eigenvalue weighted by Gasteiger charge is 2.35. The Morgan fingerprint density at radius 1 is 1.07 bits per heavy atom. The van der Waals surface area contributed by atoms with Crippen LogP contribution in [0.1, 0.15) is 48.6 Å². The molecule has 3 heterocycles. The second-order valence-corrected chi connectivity index (χ2v) is 9.60. The molecule has 5 rings (SSSR count). The zero-order valence-electron chi connectivity index (χ0n) is 16.6. The SMILES string of the molecule is COc1cc2c(cc1OC)[C@@H](c1cccs1)N(C(=O)c1cc3c(s1)CCC3)CC2. The second kappa shape index (κ2) is 7.50. The fourth-order valence-corrected chi connectivity index (χ4v) is 6.56. The van der Waals surface area contributed by atoms with Gasteiger partial charge in [-0.3, -0.25) is 4.79 Å². The quantitative estimate of drug-likeness (QED) is 0.584. The van der Waals surface area contributed by atoms with E-state index < -0.39 is 0 Å². The number of hydrogen-bond donors (Lipinski definition) is 0. The molecular weight excluding hydrogens is 402 g/mol. The van der Waals surface area contributed by atoms with E-state index in [-0.39, 0.29) is 11.9 Å². The van der Waals surface area contributed by atoms with E-state index in [1.54, 1.807) is 36.9 Å². The molecule has 3 aromatic rings. The summed E-state index contributed by atoms with van der Waals surface area (Å²) in [6, 6.07) is 10.3. The molecule has 150 valence electrons. The van der Waals surface area contributed by atoms with Crippen LogP contribution < -0.4 is 9.47 Å². The lowest BCUT2D eigenvalue weighted by atomic mass is 9.90. The van der Waals surface area contributed by atoms with E-state index in [0.29, 0.717) is 12.3 Å². The second-order valence-electron chi connectivity index (χ2n) is 7.49. The Balaban J connectivity index is 1.58. The van der Waals surface area contributed by atoms with E-state index >= 15 is 0 Å². The molecule has 29 heavy (non-hydrogen) atoms. The van der Waals surface area contributed by atoms with E-state index in [2.05, 4.69) is 29.6 Å². The minimum atomic E-state index is -0.0944. The molecule has 1 atom stereocenters. The highest BCUT2D eigenvalue weighted by atomic mass is 32.1. The lowest BCUT2D eigenvalue weighted by Crippen LogP contribution is -2.40. The van der Waals surface area contributed by atoms with Crippen molar-refractivity contribution in [1.29, 1.82) is 0 Å². The maximum absolute atomic E-state index is 13.6. The highest BCUT2D eigenvalue weighted by Crippen LogP contribution is 2.43. The molecule has 1 aliphatic carbocycles. The van der Waals surface area contributed by atoms with E-state index in [1.165, 1.54) is 27.3 Å². The molecule has 2 aliphatic rings. The van der Waals surface area contributed by atoms with Crippen LogP contribution in [0.5, 0.6) is 11.5 Å². The van der Waals surface area contributed by atoms with Gasteiger partial charge in [0.15, 0.2) is 11.5 Å². The summed E-state index contributed by atoms with van der Waals surface area (Å²) in [4.78, 5) is 19.1. The fraction of sp³-hybridized carbons (Fsp3) is 0.348. The Kier molecular flexibility index (Phi) is 4.84. The fourth-order valence-electron chi connectivity index (χ4n) is 4.49. The summed E-state index contributed by atoms with van der Waals surface area (Å²) in [6.07, 6.45) is 4.25. The van der Waals surface area contributed by atoms with Gasteiger partial charge in [-0.2, -0.15) is 0 Å². The first-order chi connectivity index (χ1) is 14.2. The zero-order chi connectivity index (χ0) is 20.0. The van der Waals surface area contributed by atoms with Gasteiger partial charge in [0.2, 0.25) is 0 Å². The van der Waals surface area contributed by atoms with Crippen molar-refractivity contribution in [3.8, 4) is 11.5 Å². The lowest BCUT2D eigenvalue weighted by Gasteiger charge is -2.37. The van der Waals surface area contributed by atoms with Crippen LogP contribution >= 0.6 is 22.7 Å². The van der Waals surface area contributed by atoms with Gasteiger partial charge in [0.05, 0.1) is 25.1 Å². The van der Waals surface area contributed by atoms with Gasteiger partial charge < -0.3 is 14.4 Å². The number of ether oxygens (including phenoxy) is 2. The molecule has 1 aliphatic heterocycles. The maximum Gasteiger partial charge on any atom is 0.264 e. The van der Waals surface area contributed by atoms with Gasteiger partial charge in [0, 0.05) is 16.3 Å². The molecule has 0 saturated carbocycles. The Hall–Kier alpha value is -2.31. The molecule has 0 bridgehead atoms. The van der Waals surface area contributed by atoms with Crippen LogP contribution in [-0.2, 0) is 19.3 Å². The van der Waals surface area contributed by atoms with E-state index in [0.717, 1.165) is 35.5 Å². The summed E-state index contributed by atoms with van der Waals surface area (Å²) in [5, 5.41) is 2.08. The number of fused-ring (bicyclic) bond motifs is 2. The van der Waals surface area contributed by atoms with Crippen LogP contribution in [0.2, 0.25) is 0 Å². The predicted octanol–water partition coefficient (Wildman–Crippen LogP) is 5.10. The van der Waals surface area contributed by atoms with Crippen LogP contribution in [0, 0.1) is 0 Å². The number of benzene rings is 1. The Labute approximate surface area is 178 Å². The Bertz CT molecular complexity index is 1030. The normalized spacial score (nSPS) is 17.7. The number of hydrogen-bond acceptors (Lipinski definition) is 5. The number of nitrogens with zero attached hydrogens (tertiary/aromatic N) is 1. The number of rotatable bonds is 4. The van der Waals surface area contributed by atoms with Crippen LogP contribution in [0.15, 0.2) is 35.7 Å². The first-order valence-electron chi connectivity index (χ1n) is 9.90. The number of aryl methyl sites for hydroxylation is 2. The van der Waals surface area contributed by atoms with Gasteiger partial charge in [0.25, 0.3) is 5.91 Å². The monoisotopic (exact) mass is 425 g/mol. The molecule has 2 aromatic heterocycles. The topological polar surface area (TPSA) is 38.8 Å². The molecule has 0 N–H and O–H groups in total. The summed E-state index contributed by atoms with van der Waals surface area (Å²) in [6.45, 7) is 0.701. The van der Waals surface area contributed by atoms with Crippen molar-refractivity contribution in [3.63, 3.8) is 0 Å². The average Bonchev–Trinajstić information content (AvgIpc) is 3.48. The molecule has 1 amide bonds. The van der Waals surface area contributed by atoms with Crippen LogP contribution in [-0.4, -0.2) is 31.6 Å². The van der Waals surface area contributed by atoms with Gasteiger partial charge in [-0.15, -0.1) is 22.7 Å². The average molecular weight is 426 g/mol. The molecule has 0 saturated heterocycles. The minimum absolute atomic E-state index is 0.0944. The van der Waals surface area contributed by atoms with Gasteiger partial charge in [0.1, 0.15) is 0 Å². The predicted molar refractivity (Wildman–Crippen MR) is 117 cm³/mol. The molecule has 1 aromatic carbocycles. The summed E-state index contributed by atoms with van der Waals surface area (Å²) in [7, 11) is 3.32. The highest BCUT2D eigenvalue weighted by molar-refractivity contribution is 7.14. The van der Waals surface area contributed by atoms with Crippen LogP contribution in [0.3, 0.4) is 0 Å². The largest absolute Gasteiger partial charge is 0.493 e. The third-order valence-electron chi connectivity index (χ3n) is 5.90. The van der Waals surface area contributed by atoms with E-state index in [4.69, 9.17) is 9.47 Å². The number of methoxy groups -OCH3 is 2. The molecule has 6 heteroatoms. The maximum atomic E-state index is 13.6. The van der Waals surface area contributed by atoms with E-state index in [9.17, 15) is 4.79 Å². The first-order valence-corrected chi connectivity index (χ1v) is 11.6. The molecular formula is C23H23NO3S2. The summed E-state index contributed by atoms with van der Waals surface area (Å²) in [5.41, 5.74) is 3.72. The lowest BCUT2D eigenvalue weighted by molar-refractivity contribution is 0.0702. The van der Waals surface area contributed by atoms with Gasteiger partial charge in [-0.25, -0.2) is 0 Å².